The van der Waals surface area contributed by atoms with E-state index >= 15 is 0 Å². The van der Waals surface area contributed by atoms with Crippen LogP contribution in [0.5, 0.6) is 5.75 Å². The lowest BCUT2D eigenvalue weighted by molar-refractivity contribution is -0.147. The molecule has 1 aromatic heterocycles. The van der Waals surface area contributed by atoms with Crippen molar-refractivity contribution in [2.24, 2.45) is 0 Å². The highest BCUT2D eigenvalue weighted by Gasteiger charge is 2.16. The fourth-order valence-corrected chi connectivity index (χ4v) is 3.06. The molecular formula is C23H25N3O5. The third-order valence-corrected chi connectivity index (χ3v) is 4.71. The van der Waals surface area contributed by atoms with Gasteiger partial charge in [0.15, 0.2) is 0 Å². The molecule has 0 fully saturated rings. The van der Waals surface area contributed by atoms with Gasteiger partial charge in [0.1, 0.15) is 11.8 Å². The molecule has 1 atom stereocenters. The first kappa shape index (κ1) is 21.9. The molecular weight excluding hydrogens is 398 g/mol. The maximum Gasteiger partial charge on any atom is 0.328 e. The van der Waals surface area contributed by atoms with Crippen LogP contribution in [0, 0.1) is 0 Å². The Morgan fingerprint density at radius 3 is 2.65 bits per heavy atom. The Morgan fingerprint density at radius 1 is 1.16 bits per heavy atom. The lowest BCUT2D eigenvalue weighted by Gasteiger charge is -2.12. The molecule has 0 bridgehead atoms. The zero-order chi connectivity index (χ0) is 22.2. The highest BCUT2D eigenvalue weighted by atomic mass is 16.5. The molecule has 31 heavy (non-hydrogen) atoms. The average Bonchev–Trinajstić information content (AvgIpc) is 3.10. The lowest BCUT2D eigenvalue weighted by atomic mass is 10.2. The van der Waals surface area contributed by atoms with Crippen molar-refractivity contribution >= 4 is 29.0 Å². The molecule has 3 aromatic rings. The van der Waals surface area contributed by atoms with E-state index in [1.165, 1.54) is 6.08 Å². The summed E-state index contributed by atoms with van der Waals surface area (Å²) in [5, 5.41) is 2.58. The summed E-state index contributed by atoms with van der Waals surface area (Å²) in [5.74, 6) is -0.198. The number of methoxy groups -OCH3 is 1. The van der Waals surface area contributed by atoms with Crippen LogP contribution in [0.3, 0.4) is 0 Å². The highest BCUT2D eigenvalue weighted by Crippen LogP contribution is 2.12. The molecule has 0 saturated heterocycles. The molecule has 8 heteroatoms. The van der Waals surface area contributed by atoms with Gasteiger partial charge in [-0.05, 0) is 49.2 Å². The fraction of sp³-hybridized carbons (Fsp3) is 0.261. The van der Waals surface area contributed by atoms with Crippen LogP contribution in [0.25, 0.3) is 17.1 Å². The van der Waals surface area contributed by atoms with E-state index in [1.807, 2.05) is 36.4 Å². The first-order valence-electron chi connectivity index (χ1n) is 9.95. The maximum absolute atomic E-state index is 12.1. The Labute approximate surface area is 179 Å². The van der Waals surface area contributed by atoms with Gasteiger partial charge in [0.05, 0.1) is 24.8 Å². The van der Waals surface area contributed by atoms with Crippen molar-refractivity contribution in [1.82, 2.24) is 14.9 Å². The highest BCUT2D eigenvalue weighted by molar-refractivity contribution is 5.94. The van der Waals surface area contributed by atoms with Gasteiger partial charge in [-0.1, -0.05) is 24.3 Å². The number of rotatable bonds is 9. The molecule has 0 radical (unpaired) electrons. The minimum Gasteiger partial charge on any atom is -0.497 e. The van der Waals surface area contributed by atoms with Crippen LogP contribution >= 0.6 is 0 Å². The molecule has 1 heterocycles. The van der Waals surface area contributed by atoms with Crippen molar-refractivity contribution in [1.29, 1.82) is 0 Å². The molecule has 2 N–H and O–H groups in total. The molecule has 1 amide bonds. The van der Waals surface area contributed by atoms with E-state index in [1.54, 1.807) is 36.8 Å². The second kappa shape index (κ2) is 10.3. The number of carbonyl (C=O) groups excluding carboxylic acids is 2. The van der Waals surface area contributed by atoms with E-state index in [-0.39, 0.29) is 12.3 Å². The first-order valence-corrected chi connectivity index (χ1v) is 9.95. The van der Waals surface area contributed by atoms with Gasteiger partial charge >= 0.3 is 11.7 Å². The van der Waals surface area contributed by atoms with Crippen molar-refractivity contribution in [3.05, 3.63) is 70.7 Å². The van der Waals surface area contributed by atoms with Crippen LogP contribution < -0.4 is 15.7 Å². The minimum absolute atomic E-state index is 0.146. The first-order chi connectivity index (χ1) is 15.0. The molecule has 2 aromatic carbocycles. The number of H-pyrrole nitrogens is 1. The van der Waals surface area contributed by atoms with Gasteiger partial charge in [0.2, 0.25) is 5.91 Å². The van der Waals surface area contributed by atoms with Gasteiger partial charge in [-0.2, -0.15) is 0 Å². The summed E-state index contributed by atoms with van der Waals surface area (Å²) in [6.07, 6.45) is 3.48. The number of hydrogen-bond donors (Lipinski definition) is 2. The summed E-state index contributed by atoms with van der Waals surface area (Å²) in [5.41, 5.74) is 2.21. The van der Waals surface area contributed by atoms with Gasteiger partial charge in [0, 0.05) is 12.6 Å². The largest absolute Gasteiger partial charge is 0.497 e. The number of esters is 1. The number of nitrogens with zero attached hydrogens (tertiary/aromatic N) is 1. The topological polar surface area (TPSA) is 102 Å². The average molecular weight is 423 g/mol. The number of amides is 1. The number of aromatic nitrogens is 2. The summed E-state index contributed by atoms with van der Waals surface area (Å²) in [7, 11) is 1.58. The number of aryl methyl sites for hydroxylation is 1. The number of para-hydroxylation sites is 2. The number of benzene rings is 2. The van der Waals surface area contributed by atoms with Crippen LogP contribution in [0.2, 0.25) is 0 Å². The Bertz CT molecular complexity index is 1130. The normalized spacial score (nSPS) is 12.1. The summed E-state index contributed by atoms with van der Waals surface area (Å²) in [6, 6.07) is 13.8. The number of hydrogen-bond acceptors (Lipinski definition) is 5. The third kappa shape index (κ3) is 5.85. The molecule has 8 nitrogen and oxygen atoms in total. The Morgan fingerprint density at radius 2 is 1.90 bits per heavy atom. The second-order valence-corrected chi connectivity index (χ2v) is 6.96. The van der Waals surface area contributed by atoms with E-state index < -0.39 is 17.9 Å². The monoisotopic (exact) mass is 423 g/mol. The van der Waals surface area contributed by atoms with Gasteiger partial charge in [-0.3, -0.25) is 9.36 Å². The number of fused-ring (bicyclic) bond motifs is 1. The van der Waals surface area contributed by atoms with Crippen molar-refractivity contribution < 1.29 is 19.1 Å². The van der Waals surface area contributed by atoms with Crippen molar-refractivity contribution in [3.63, 3.8) is 0 Å². The summed E-state index contributed by atoms with van der Waals surface area (Å²) < 4.78 is 11.9. The zero-order valence-electron chi connectivity index (χ0n) is 17.5. The fourth-order valence-electron chi connectivity index (χ4n) is 3.06. The molecule has 0 aliphatic heterocycles. The van der Waals surface area contributed by atoms with E-state index in [2.05, 4.69) is 10.3 Å². The summed E-state index contributed by atoms with van der Waals surface area (Å²) >= 11 is 0. The lowest BCUT2D eigenvalue weighted by Crippen LogP contribution is -2.38. The predicted octanol–water partition coefficient (Wildman–Crippen LogP) is 2.49. The van der Waals surface area contributed by atoms with Crippen LogP contribution in [0.4, 0.5) is 0 Å². The summed E-state index contributed by atoms with van der Waals surface area (Å²) in [6.45, 7) is 2.12. The number of imidazole rings is 1. The van der Waals surface area contributed by atoms with E-state index in [0.717, 1.165) is 22.3 Å². The molecule has 162 valence electrons. The smallest absolute Gasteiger partial charge is 0.328 e. The Balaban J connectivity index is 1.42. The van der Waals surface area contributed by atoms with E-state index in [0.29, 0.717) is 13.0 Å². The van der Waals surface area contributed by atoms with Crippen molar-refractivity contribution in [3.8, 4) is 5.75 Å². The van der Waals surface area contributed by atoms with Crippen molar-refractivity contribution in [2.45, 2.75) is 25.9 Å². The van der Waals surface area contributed by atoms with Gasteiger partial charge < -0.3 is 19.8 Å². The zero-order valence-corrected chi connectivity index (χ0v) is 17.5. The molecule has 0 aliphatic carbocycles. The number of aromatic amines is 1. The second-order valence-electron chi connectivity index (χ2n) is 6.96. The summed E-state index contributed by atoms with van der Waals surface area (Å²) in [4.78, 5) is 39.0. The van der Waals surface area contributed by atoms with Gasteiger partial charge in [-0.25, -0.2) is 9.59 Å². The standard InChI is InChI=1S/C23H25N3O5/c1-16(24-21(27)13-10-17-8-11-18(30-2)12-9-17)22(28)31-15-5-14-26-20-7-4-3-6-19(20)25-23(26)29/h3-4,6-13,16H,5,14-15H2,1-2H3,(H,24,27)(H,25,29). The van der Waals surface area contributed by atoms with E-state index in [9.17, 15) is 14.4 Å². The Hall–Kier alpha value is -3.81. The minimum atomic E-state index is -0.788. The van der Waals surface area contributed by atoms with Crippen molar-refractivity contribution in [2.75, 3.05) is 13.7 Å². The van der Waals surface area contributed by atoms with Gasteiger partial charge in [-0.15, -0.1) is 0 Å². The molecule has 0 aliphatic rings. The SMILES string of the molecule is COc1ccc(C=CC(=O)NC(C)C(=O)OCCCn2c(=O)[nH]c3ccccc32)cc1. The Kier molecular flexibility index (Phi) is 7.26. The molecule has 1 unspecified atom stereocenters. The number of ether oxygens (including phenoxy) is 2. The third-order valence-electron chi connectivity index (χ3n) is 4.71. The maximum atomic E-state index is 12.1. The predicted molar refractivity (Wildman–Crippen MR) is 118 cm³/mol. The van der Waals surface area contributed by atoms with Crippen LogP contribution in [0.15, 0.2) is 59.4 Å². The van der Waals surface area contributed by atoms with Crippen LogP contribution in [0.1, 0.15) is 18.9 Å². The molecule has 0 saturated carbocycles. The van der Waals surface area contributed by atoms with E-state index in [4.69, 9.17) is 9.47 Å². The van der Waals surface area contributed by atoms with Gasteiger partial charge in [0.25, 0.3) is 0 Å². The quantitative estimate of drug-likeness (QED) is 0.313. The molecule has 0 spiro atoms. The van der Waals surface area contributed by atoms with Crippen LogP contribution in [-0.2, 0) is 20.9 Å². The molecule has 3 rings (SSSR count). The number of carbonyl (C=O) groups is 2. The number of nitrogens with one attached hydrogen (secondary N) is 2. The van der Waals surface area contributed by atoms with Crippen LogP contribution in [-0.4, -0.2) is 41.2 Å².